The molecule has 0 bridgehead atoms. The molecule has 3 rings (SSSR count). The molecular weight excluding hydrogens is 264 g/mol. The third-order valence-corrected chi connectivity index (χ3v) is 5.10. The van der Waals surface area contributed by atoms with Gasteiger partial charge < -0.3 is 15.2 Å². The van der Waals surface area contributed by atoms with Gasteiger partial charge in [-0.3, -0.25) is 4.98 Å². The Morgan fingerprint density at radius 2 is 2.29 bits per heavy atom. The SMILES string of the molecule is OC(CNCC1(C2CCCCO2)CCC1)c1cccnc1. The summed E-state index contributed by atoms with van der Waals surface area (Å²) in [5, 5.41) is 13.7. The first kappa shape index (κ1) is 14.9. The quantitative estimate of drug-likeness (QED) is 0.845. The van der Waals surface area contributed by atoms with Gasteiger partial charge in [0.05, 0.1) is 12.2 Å². The van der Waals surface area contributed by atoms with Crippen molar-refractivity contribution in [1.29, 1.82) is 0 Å². The van der Waals surface area contributed by atoms with Crippen LogP contribution in [-0.4, -0.2) is 35.9 Å². The lowest BCUT2D eigenvalue weighted by Gasteiger charge is -2.49. The van der Waals surface area contributed by atoms with E-state index < -0.39 is 6.10 Å². The molecule has 1 aliphatic carbocycles. The Morgan fingerprint density at radius 1 is 1.38 bits per heavy atom. The molecule has 4 heteroatoms. The summed E-state index contributed by atoms with van der Waals surface area (Å²) in [5.74, 6) is 0. The molecule has 0 aromatic carbocycles. The second-order valence-corrected chi connectivity index (χ2v) is 6.50. The number of nitrogens with zero attached hydrogens (tertiary/aromatic N) is 1. The lowest BCUT2D eigenvalue weighted by molar-refractivity contribution is -0.103. The van der Waals surface area contributed by atoms with E-state index in [1.54, 1.807) is 12.4 Å². The average Bonchev–Trinajstić information content (AvgIpc) is 2.51. The van der Waals surface area contributed by atoms with Gasteiger partial charge in [0.25, 0.3) is 0 Å². The van der Waals surface area contributed by atoms with Gasteiger partial charge in [0.1, 0.15) is 0 Å². The maximum atomic E-state index is 10.2. The third kappa shape index (κ3) is 3.44. The second kappa shape index (κ2) is 6.86. The number of hydrogen-bond donors (Lipinski definition) is 2. The lowest BCUT2D eigenvalue weighted by atomic mass is 9.63. The molecule has 2 fully saturated rings. The molecule has 0 spiro atoms. The summed E-state index contributed by atoms with van der Waals surface area (Å²) in [7, 11) is 0. The van der Waals surface area contributed by atoms with Crippen molar-refractivity contribution in [2.75, 3.05) is 19.7 Å². The highest BCUT2D eigenvalue weighted by Gasteiger charge is 2.44. The molecule has 1 aromatic heterocycles. The molecule has 1 saturated carbocycles. The molecule has 0 amide bonds. The van der Waals surface area contributed by atoms with Gasteiger partial charge in [-0.05, 0) is 38.2 Å². The molecule has 4 nitrogen and oxygen atoms in total. The van der Waals surface area contributed by atoms with E-state index in [4.69, 9.17) is 4.74 Å². The number of nitrogens with one attached hydrogen (secondary N) is 1. The van der Waals surface area contributed by atoms with Crippen LogP contribution >= 0.6 is 0 Å². The molecule has 2 N–H and O–H groups in total. The number of rotatable bonds is 6. The van der Waals surface area contributed by atoms with E-state index in [1.165, 1.54) is 38.5 Å². The van der Waals surface area contributed by atoms with Crippen molar-refractivity contribution in [2.24, 2.45) is 5.41 Å². The van der Waals surface area contributed by atoms with Gasteiger partial charge in [-0.25, -0.2) is 0 Å². The predicted octanol–water partition coefficient (Wildman–Crippen LogP) is 2.44. The van der Waals surface area contributed by atoms with Crippen molar-refractivity contribution in [2.45, 2.75) is 50.7 Å². The zero-order chi connectivity index (χ0) is 14.5. The van der Waals surface area contributed by atoms with Gasteiger partial charge in [-0.15, -0.1) is 0 Å². The van der Waals surface area contributed by atoms with Crippen LogP contribution in [0.5, 0.6) is 0 Å². The van der Waals surface area contributed by atoms with Gasteiger partial charge in [0.2, 0.25) is 0 Å². The molecule has 1 aliphatic heterocycles. The van der Waals surface area contributed by atoms with Crippen molar-refractivity contribution in [1.82, 2.24) is 10.3 Å². The van der Waals surface area contributed by atoms with Crippen LogP contribution in [-0.2, 0) is 4.74 Å². The van der Waals surface area contributed by atoms with Crippen LogP contribution in [0, 0.1) is 5.41 Å². The first-order valence-corrected chi connectivity index (χ1v) is 8.20. The fraction of sp³-hybridized carbons (Fsp3) is 0.706. The Kier molecular flexibility index (Phi) is 4.88. The van der Waals surface area contributed by atoms with Gasteiger partial charge in [0.15, 0.2) is 0 Å². The highest BCUT2D eigenvalue weighted by atomic mass is 16.5. The monoisotopic (exact) mass is 290 g/mol. The minimum absolute atomic E-state index is 0.315. The first-order valence-electron chi connectivity index (χ1n) is 8.20. The van der Waals surface area contributed by atoms with Crippen molar-refractivity contribution in [3.63, 3.8) is 0 Å². The summed E-state index contributed by atoms with van der Waals surface area (Å²) >= 11 is 0. The fourth-order valence-electron chi connectivity index (χ4n) is 3.62. The summed E-state index contributed by atoms with van der Waals surface area (Å²) in [6.07, 6.45) is 10.9. The number of aromatic nitrogens is 1. The standard InChI is InChI=1S/C17H26N2O2/c20-15(14-5-3-9-18-11-14)12-19-13-17(7-4-8-17)16-6-1-2-10-21-16/h3,5,9,11,15-16,19-20H,1-2,4,6-8,10,12-13H2. The second-order valence-electron chi connectivity index (χ2n) is 6.50. The molecule has 0 radical (unpaired) electrons. The normalized spacial score (nSPS) is 26.0. The van der Waals surface area contributed by atoms with Crippen LogP contribution < -0.4 is 5.32 Å². The van der Waals surface area contributed by atoms with Crippen LogP contribution in [0.15, 0.2) is 24.5 Å². The van der Waals surface area contributed by atoms with Gasteiger partial charge in [-0.2, -0.15) is 0 Å². The number of aliphatic hydroxyl groups excluding tert-OH is 1. The van der Waals surface area contributed by atoms with Crippen molar-refractivity contribution in [3.8, 4) is 0 Å². The van der Waals surface area contributed by atoms with Crippen molar-refractivity contribution >= 4 is 0 Å². The summed E-state index contributed by atoms with van der Waals surface area (Å²) in [4.78, 5) is 4.06. The van der Waals surface area contributed by atoms with E-state index >= 15 is 0 Å². The zero-order valence-electron chi connectivity index (χ0n) is 12.6. The van der Waals surface area contributed by atoms with E-state index in [1.807, 2.05) is 12.1 Å². The maximum absolute atomic E-state index is 10.2. The van der Waals surface area contributed by atoms with Crippen molar-refractivity contribution in [3.05, 3.63) is 30.1 Å². The van der Waals surface area contributed by atoms with Crippen molar-refractivity contribution < 1.29 is 9.84 Å². The molecule has 2 atom stereocenters. The first-order chi connectivity index (χ1) is 10.3. The summed E-state index contributed by atoms with van der Waals surface area (Å²) in [6, 6.07) is 3.78. The van der Waals surface area contributed by atoms with Crippen LogP contribution in [0.4, 0.5) is 0 Å². The summed E-state index contributed by atoms with van der Waals surface area (Å²) in [6.45, 7) is 2.46. The Bertz CT molecular complexity index is 428. The Labute approximate surface area is 126 Å². The molecule has 2 unspecified atom stereocenters. The number of pyridine rings is 1. The Morgan fingerprint density at radius 3 is 2.90 bits per heavy atom. The number of ether oxygens (including phenoxy) is 1. The van der Waals surface area contributed by atoms with Crippen LogP contribution in [0.2, 0.25) is 0 Å². The highest BCUT2D eigenvalue weighted by molar-refractivity contribution is 5.12. The average molecular weight is 290 g/mol. The van der Waals surface area contributed by atoms with Gasteiger partial charge in [0, 0.05) is 43.1 Å². The zero-order valence-corrected chi connectivity index (χ0v) is 12.6. The largest absolute Gasteiger partial charge is 0.387 e. The summed E-state index contributed by atoms with van der Waals surface area (Å²) in [5.41, 5.74) is 1.19. The third-order valence-electron chi connectivity index (χ3n) is 5.10. The van der Waals surface area contributed by atoms with E-state index in [0.717, 1.165) is 18.7 Å². The fourth-order valence-corrected chi connectivity index (χ4v) is 3.62. The van der Waals surface area contributed by atoms with Gasteiger partial charge >= 0.3 is 0 Å². The molecule has 1 aromatic rings. The Hall–Kier alpha value is -0.970. The molecule has 2 aliphatic rings. The molecule has 1 saturated heterocycles. The molecular formula is C17H26N2O2. The van der Waals surface area contributed by atoms with Crippen LogP contribution in [0.3, 0.4) is 0 Å². The molecule has 21 heavy (non-hydrogen) atoms. The maximum Gasteiger partial charge on any atom is 0.0929 e. The minimum atomic E-state index is -0.483. The number of hydrogen-bond acceptors (Lipinski definition) is 4. The van der Waals surface area contributed by atoms with Crippen LogP contribution in [0.25, 0.3) is 0 Å². The lowest BCUT2D eigenvalue weighted by Crippen LogP contribution is -2.51. The summed E-state index contributed by atoms with van der Waals surface area (Å²) < 4.78 is 6.01. The number of aliphatic hydroxyl groups is 1. The highest BCUT2D eigenvalue weighted by Crippen LogP contribution is 2.47. The van der Waals surface area contributed by atoms with Gasteiger partial charge in [-0.1, -0.05) is 12.5 Å². The smallest absolute Gasteiger partial charge is 0.0929 e. The van der Waals surface area contributed by atoms with E-state index in [-0.39, 0.29) is 0 Å². The predicted molar refractivity (Wildman–Crippen MR) is 81.9 cm³/mol. The van der Waals surface area contributed by atoms with Crippen LogP contribution in [0.1, 0.15) is 50.2 Å². The van der Waals surface area contributed by atoms with E-state index in [2.05, 4.69) is 10.3 Å². The molecule has 116 valence electrons. The Balaban J connectivity index is 1.49. The molecule has 2 heterocycles. The van der Waals surface area contributed by atoms with E-state index in [0.29, 0.717) is 18.1 Å². The topological polar surface area (TPSA) is 54.4 Å². The van der Waals surface area contributed by atoms with E-state index in [9.17, 15) is 5.11 Å². The minimum Gasteiger partial charge on any atom is -0.387 e.